The number of rotatable bonds is 7. The second kappa shape index (κ2) is 7.80. The van der Waals surface area contributed by atoms with Crippen molar-refractivity contribution >= 4 is 32.2 Å². The van der Waals surface area contributed by atoms with E-state index in [-0.39, 0.29) is 10.0 Å². The summed E-state index contributed by atoms with van der Waals surface area (Å²) in [6.45, 7) is 3.35. The van der Waals surface area contributed by atoms with Gasteiger partial charge in [-0.05, 0) is 37.6 Å². The van der Waals surface area contributed by atoms with Gasteiger partial charge in [0.1, 0.15) is 16.1 Å². The molecule has 0 saturated heterocycles. The molecular weight excluding hydrogens is 353 g/mol. The summed E-state index contributed by atoms with van der Waals surface area (Å²) in [5, 5.41) is 10.0. The standard InChI is InChI=1S/C15H18FN3O3S2/c1-3-4-5-13-18-19-15(23-13)17-14(20)10(2)24(21,22)12-8-6-11(16)7-9-12/h6-10H,3-5H2,1-2H3,(H,17,19,20)/t10-/m1/s1. The summed E-state index contributed by atoms with van der Waals surface area (Å²) >= 11 is 1.23. The zero-order valence-electron chi connectivity index (χ0n) is 13.3. The lowest BCUT2D eigenvalue weighted by Gasteiger charge is -2.12. The molecule has 0 aliphatic rings. The van der Waals surface area contributed by atoms with Crippen molar-refractivity contribution < 1.29 is 17.6 Å². The molecule has 1 amide bonds. The number of nitrogens with zero attached hydrogens (tertiary/aromatic N) is 2. The minimum atomic E-state index is -3.90. The van der Waals surface area contributed by atoms with Gasteiger partial charge < -0.3 is 0 Å². The second-order valence-electron chi connectivity index (χ2n) is 5.23. The Bertz CT molecular complexity index is 804. The van der Waals surface area contributed by atoms with E-state index in [0.717, 1.165) is 48.5 Å². The maximum atomic E-state index is 12.9. The highest BCUT2D eigenvalue weighted by atomic mass is 32.2. The number of benzene rings is 1. The van der Waals surface area contributed by atoms with Crippen LogP contribution in [0.15, 0.2) is 29.2 Å². The van der Waals surface area contributed by atoms with Crippen molar-refractivity contribution in [2.24, 2.45) is 0 Å². The minimum Gasteiger partial charge on any atom is -0.299 e. The topological polar surface area (TPSA) is 89.0 Å². The highest BCUT2D eigenvalue weighted by Gasteiger charge is 2.30. The van der Waals surface area contributed by atoms with Crippen LogP contribution in [0.1, 0.15) is 31.7 Å². The van der Waals surface area contributed by atoms with Crippen LogP contribution < -0.4 is 5.32 Å². The first kappa shape index (κ1) is 18.5. The van der Waals surface area contributed by atoms with Gasteiger partial charge in [0.2, 0.25) is 11.0 Å². The molecule has 2 rings (SSSR count). The molecule has 0 unspecified atom stereocenters. The summed E-state index contributed by atoms with van der Waals surface area (Å²) < 4.78 is 37.7. The van der Waals surface area contributed by atoms with Crippen LogP contribution in [0.3, 0.4) is 0 Å². The van der Waals surface area contributed by atoms with E-state index in [1.54, 1.807) is 0 Å². The van der Waals surface area contributed by atoms with Crippen LogP contribution in [0.25, 0.3) is 0 Å². The van der Waals surface area contributed by atoms with Crippen LogP contribution in [0.5, 0.6) is 0 Å². The van der Waals surface area contributed by atoms with E-state index < -0.39 is 26.8 Å². The Morgan fingerprint density at radius 3 is 2.58 bits per heavy atom. The van der Waals surface area contributed by atoms with Gasteiger partial charge in [-0.3, -0.25) is 10.1 Å². The average Bonchev–Trinajstić information content (AvgIpc) is 2.99. The number of amides is 1. The first-order valence-corrected chi connectivity index (χ1v) is 9.83. The molecule has 0 fully saturated rings. The molecule has 24 heavy (non-hydrogen) atoms. The maximum Gasteiger partial charge on any atom is 0.244 e. The van der Waals surface area contributed by atoms with E-state index in [4.69, 9.17) is 0 Å². The van der Waals surface area contributed by atoms with Gasteiger partial charge in [0, 0.05) is 6.42 Å². The Morgan fingerprint density at radius 2 is 1.96 bits per heavy atom. The van der Waals surface area contributed by atoms with E-state index in [9.17, 15) is 17.6 Å². The van der Waals surface area contributed by atoms with Crippen molar-refractivity contribution in [1.82, 2.24) is 10.2 Å². The molecule has 9 heteroatoms. The number of anilines is 1. The SMILES string of the molecule is CCCCc1nnc(NC(=O)[C@@H](C)S(=O)(=O)c2ccc(F)cc2)s1. The Labute approximate surface area is 144 Å². The minimum absolute atomic E-state index is 0.104. The summed E-state index contributed by atoms with van der Waals surface area (Å²) in [6, 6.07) is 4.37. The number of unbranched alkanes of at least 4 members (excludes halogenated alkanes) is 1. The number of aryl methyl sites for hydroxylation is 1. The molecule has 0 saturated carbocycles. The fourth-order valence-corrected chi connectivity index (χ4v) is 3.96. The first-order chi connectivity index (χ1) is 11.3. The lowest BCUT2D eigenvalue weighted by molar-refractivity contribution is -0.115. The number of hydrogen-bond donors (Lipinski definition) is 1. The van der Waals surface area contributed by atoms with Gasteiger partial charge in [0.05, 0.1) is 4.90 Å². The van der Waals surface area contributed by atoms with Crippen molar-refractivity contribution in [3.8, 4) is 0 Å². The molecule has 1 N–H and O–H groups in total. The quantitative estimate of drug-likeness (QED) is 0.756. The normalized spacial score (nSPS) is 12.8. The van der Waals surface area contributed by atoms with Crippen molar-refractivity contribution in [2.75, 3.05) is 5.32 Å². The van der Waals surface area contributed by atoms with E-state index in [2.05, 4.69) is 22.4 Å². The monoisotopic (exact) mass is 371 g/mol. The highest BCUT2D eigenvalue weighted by Crippen LogP contribution is 2.20. The van der Waals surface area contributed by atoms with Crippen molar-refractivity contribution in [3.63, 3.8) is 0 Å². The number of carbonyl (C=O) groups excluding carboxylic acids is 1. The Hall–Kier alpha value is -1.87. The summed E-state index contributed by atoms with van der Waals surface area (Å²) in [5.74, 6) is -1.24. The third-order valence-electron chi connectivity index (χ3n) is 3.42. The van der Waals surface area contributed by atoms with Crippen molar-refractivity contribution in [3.05, 3.63) is 35.1 Å². The van der Waals surface area contributed by atoms with Crippen LogP contribution >= 0.6 is 11.3 Å². The highest BCUT2D eigenvalue weighted by molar-refractivity contribution is 7.92. The molecule has 1 atom stereocenters. The van der Waals surface area contributed by atoms with Gasteiger partial charge in [0.15, 0.2) is 9.84 Å². The van der Waals surface area contributed by atoms with Gasteiger partial charge in [0.25, 0.3) is 0 Å². The molecule has 0 radical (unpaired) electrons. The van der Waals surface area contributed by atoms with Crippen LogP contribution in [0.4, 0.5) is 9.52 Å². The van der Waals surface area contributed by atoms with Gasteiger partial charge in [-0.1, -0.05) is 24.7 Å². The van der Waals surface area contributed by atoms with Crippen LogP contribution in [-0.4, -0.2) is 29.8 Å². The number of carbonyl (C=O) groups is 1. The molecule has 0 aliphatic carbocycles. The summed E-state index contributed by atoms with van der Waals surface area (Å²) in [4.78, 5) is 12.1. The van der Waals surface area contributed by atoms with Gasteiger partial charge >= 0.3 is 0 Å². The predicted molar refractivity (Wildman–Crippen MR) is 90.2 cm³/mol. The lowest BCUT2D eigenvalue weighted by Crippen LogP contribution is -2.32. The Morgan fingerprint density at radius 1 is 1.29 bits per heavy atom. The van der Waals surface area contributed by atoms with Crippen molar-refractivity contribution in [1.29, 1.82) is 0 Å². The average molecular weight is 371 g/mol. The maximum absolute atomic E-state index is 12.9. The Kier molecular flexibility index (Phi) is 6.00. The van der Waals surface area contributed by atoms with E-state index in [0.29, 0.717) is 0 Å². The van der Waals surface area contributed by atoms with E-state index >= 15 is 0 Å². The van der Waals surface area contributed by atoms with Crippen LogP contribution in [0.2, 0.25) is 0 Å². The van der Waals surface area contributed by atoms with Crippen LogP contribution in [0, 0.1) is 5.82 Å². The molecular formula is C15H18FN3O3S2. The molecule has 130 valence electrons. The second-order valence-corrected chi connectivity index (χ2v) is 8.57. The molecule has 2 aromatic rings. The van der Waals surface area contributed by atoms with Gasteiger partial charge in [-0.15, -0.1) is 10.2 Å². The lowest BCUT2D eigenvalue weighted by atomic mass is 10.3. The zero-order chi connectivity index (χ0) is 17.7. The largest absolute Gasteiger partial charge is 0.299 e. The van der Waals surface area contributed by atoms with E-state index in [1.165, 1.54) is 18.3 Å². The first-order valence-electron chi connectivity index (χ1n) is 7.47. The van der Waals surface area contributed by atoms with E-state index in [1.807, 2.05) is 0 Å². The number of halogens is 1. The summed E-state index contributed by atoms with van der Waals surface area (Å²) in [6.07, 6.45) is 2.76. The third-order valence-corrected chi connectivity index (χ3v) is 6.39. The molecule has 6 nitrogen and oxygen atoms in total. The van der Waals surface area contributed by atoms with Crippen molar-refractivity contribution in [2.45, 2.75) is 43.3 Å². The number of hydrogen-bond acceptors (Lipinski definition) is 6. The molecule has 1 aromatic heterocycles. The zero-order valence-corrected chi connectivity index (χ0v) is 15.0. The van der Waals surface area contributed by atoms with Gasteiger partial charge in [-0.2, -0.15) is 0 Å². The summed E-state index contributed by atoms with van der Waals surface area (Å²) in [5.41, 5.74) is 0. The Balaban J connectivity index is 2.08. The number of sulfone groups is 1. The summed E-state index contributed by atoms with van der Waals surface area (Å²) in [7, 11) is -3.90. The molecule has 0 aliphatic heterocycles. The molecule has 1 aromatic carbocycles. The number of aromatic nitrogens is 2. The predicted octanol–water partition coefficient (Wildman–Crippen LogP) is 2.82. The third kappa shape index (κ3) is 4.35. The molecule has 1 heterocycles. The number of nitrogens with one attached hydrogen (secondary N) is 1. The molecule has 0 bridgehead atoms. The molecule has 0 spiro atoms. The van der Waals surface area contributed by atoms with Gasteiger partial charge in [-0.25, -0.2) is 12.8 Å². The smallest absolute Gasteiger partial charge is 0.244 e. The fraction of sp³-hybridized carbons (Fsp3) is 0.400. The fourth-order valence-electron chi connectivity index (χ4n) is 1.91. The van der Waals surface area contributed by atoms with Crippen LogP contribution in [-0.2, 0) is 21.1 Å².